The Morgan fingerprint density at radius 1 is 1.19 bits per heavy atom. The first-order chi connectivity index (χ1) is 14.8. The quantitative estimate of drug-likeness (QED) is 0.687. The van der Waals surface area contributed by atoms with Crippen LogP contribution in [0.2, 0.25) is 0 Å². The summed E-state index contributed by atoms with van der Waals surface area (Å²) in [4.78, 5) is 36.5. The number of alkyl halides is 1. The van der Waals surface area contributed by atoms with Crippen LogP contribution in [0.5, 0.6) is 0 Å². The minimum Gasteiger partial charge on any atom is -0.350 e. The third-order valence-corrected chi connectivity index (χ3v) is 6.50. The monoisotopic (exact) mass is 454 g/mol. The molecule has 2 amide bonds. The lowest BCUT2D eigenvalue weighted by Crippen LogP contribution is -2.43. The summed E-state index contributed by atoms with van der Waals surface area (Å²) in [7, 11) is 0. The van der Waals surface area contributed by atoms with Gasteiger partial charge in [0.15, 0.2) is 9.88 Å². The molecule has 2 heterocycles. The number of halogens is 1. The van der Waals surface area contributed by atoms with E-state index in [1.165, 1.54) is 4.90 Å². The number of carbonyl (C=O) groups excluding carboxylic acids is 2. The molecule has 160 valence electrons. The van der Waals surface area contributed by atoms with Crippen LogP contribution in [0.25, 0.3) is 0 Å². The Morgan fingerprint density at radius 3 is 2.61 bits per heavy atom. The van der Waals surface area contributed by atoms with Crippen molar-refractivity contribution >= 4 is 51.9 Å². The first-order valence-electron chi connectivity index (χ1n) is 10.1. The minimum absolute atomic E-state index is 0.0496. The van der Waals surface area contributed by atoms with Crippen LogP contribution in [0.3, 0.4) is 0 Å². The van der Waals surface area contributed by atoms with Gasteiger partial charge in [-0.2, -0.15) is 0 Å². The lowest BCUT2D eigenvalue weighted by atomic mass is 10.1. The van der Waals surface area contributed by atoms with Crippen molar-refractivity contribution in [2.45, 2.75) is 38.1 Å². The van der Waals surface area contributed by atoms with Crippen molar-refractivity contribution in [3.8, 4) is 0 Å². The number of amides is 2. The van der Waals surface area contributed by atoms with Crippen molar-refractivity contribution in [3.05, 3.63) is 65.2 Å². The van der Waals surface area contributed by atoms with E-state index in [0.717, 1.165) is 28.5 Å². The highest BCUT2D eigenvalue weighted by Crippen LogP contribution is 2.36. The Morgan fingerprint density at radius 2 is 1.90 bits per heavy atom. The molecule has 2 aromatic carbocycles. The standard InChI is InChI=1S/C23H23ClN4O2S/c1-13(2)18-22(30)28-20(27-18)16-6-4-5-7-17(16)26-23(28)31-19(24)21(29)25-12-15-10-8-14(3)9-11-15/h4-11,13,18-19H,12H2,1-3H3,(H,25,29). The van der Waals surface area contributed by atoms with Crippen molar-refractivity contribution < 1.29 is 9.59 Å². The molecule has 0 radical (unpaired) electrons. The Balaban J connectivity index is 1.52. The summed E-state index contributed by atoms with van der Waals surface area (Å²) in [6, 6.07) is 15.0. The van der Waals surface area contributed by atoms with Crippen LogP contribution >= 0.6 is 23.4 Å². The summed E-state index contributed by atoms with van der Waals surface area (Å²) in [5.41, 5.74) is 3.66. The number of nitrogens with one attached hydrogen (secondary N) is 1. The van der Waals surface area contributed by atoms with E-state index in [4.69, 9.17) is 11.6 Å². The van der Waals surface area contributed by atoms with Crippen molar-refractivity contribution in [2.24, 2.45) is 15.9 Å². The molecular formula is C23H23ClN4O2S. The number of amidine groups is 2. The molecule has 0 aromatic heterocycles. The van der Waals surface area contributed by atoms with E-state index in [-0.39, 0.29) is 17.7 Å². The molecule has 0 saturated carbocycles. The van der Waals surface area contributed by atoms with Crippen molar-refractivity contribution in [1.29, 1.82) is 0 Å². The molecule has 31 heavy (non-hydrogen) atoms. The zero-order valence-corrected chi connectivity index (χ0v) is 19.1. The van der Waals surface area contributed by atoms with Gasteiger partial charge in [0.1, 0.15) is 11.9 Å². The van der Waals surface area contributed by atoms with E-state index in [0.29, 0.717) is 23.2 Å². The van der Waals surface area contributed by atoms with Crippen LogP contribution in [0.15, 0.2) is 58.5 Å². The summed E-state index contributed by atoms with van der Waals surface area (Å²) < 4.78 is -0.943. The van der Waals surface area contributed by atoms with Crippen LogP contribution in [-0.2, 0) is 16.1 Å². The maximum absolute atomic E-state index is 13.1. The summed E-state index contributed by atoms with van der Waals surface area (Å²) >= 11 is 7.46. The van der Waals surface area contributed by atoms with Gasteiger partial charge in [-0.3, -0.25) is 14.6 Å². The number of fused-ring (bicyclic) bond motifs is 3. The highest BCUT2D eigenvalue weighted by molar-refractivity contribution is 8.16. The van der Waals surface area contributed by atoms with Gasteiger partial charge in [-0.25, -0.2) is 9.89 Å². The SMILES string of the molecule is Cc1ccc(CNC(=O)C(Cl)SC2=Nc3ccccc3C3=NC(C(C)C)C(=O)N23)cc1. The summed E-state index contributed by atoms with van der Waals surface area (Å²) in [5.74, 6) is 0.142. The number of rotatable bonds is 5. The van der Waals surface area contributed by atoms with Gasteiger partial charge < -0.3 is 5.32 Å². The number of para-hydroxylation sites is 1. The number of aryl methyl sites for hydroxylation is 1. The molecule has 2 aromatic rings. The Bertz CT molecular complexity index is 1080. The van der Waals surface area contributed by atoms with Crippen LogP contribution in [-0.4, -0.2) is 38.5 Å². The van der Waals surface area contributed by atoms with Crippen molar-refractivity contribution in [3.63, 3.8) is 0 Å². The van der Waals surface area contributed by atoms with Crippen LogP contribution in [0, 0.1) is 12.8 Å². The number of hydrogen-bond donors (Lipinski definition) is 1. The maximum Gasteiger partial charge on any atom is 0.259 e. The topological polar surface area (TPSA) is 74.1 Å². The van der Waals surface area contributed by atoms with Gasteiger partial charge in [0.05, 0.1) is 5.69 Å². The molecule has 2 aliphatic heterocycles. The summed E-state index contributed by atoms with van der Waals surface area (Å²) in [5, 5.41) is 3.22. The Labute approximate surface area is 190 Å². The number of hydrogen-bond acceptors (Lipinski definition) is 5. The number of thioether (sulfide) groups is 1. The largest absolute Gasteiger partial charge is 0.350 e. The predicted octanol–water partition coefficient (Wildman–Crippen LogP) is 4.22. The van der Waals surface area contributed by atoms with Crippen LogP contribution in [0.1, 0.15) is 30.5 Å². The molecule has 1 N–H and O–H groups in total. The lowest BCUT2D eigenvalue weighted by molar-refractivity contribution is -0.125. The zero-order valence-electron chi connectivity index (χ0n) is 17.5. The van der Waals surface area contributed by atoms with E-state index in [9.17, 15) is 9.59 Å². The van der Waals surface area contributed by atoms with E-state index < -0.39 is 10.8 Å². The van der Waals surface area contributed by atoms with Crippen LogP contribution < -0.4 is 5.32 Å². The molecule has 2 aliphatic rings. The molecule has 4 rings (SSSR count). The first-order valence-corrected chi connectivity index (χ1v) is 11.4. The third-order valence-electron chi connectivity index (χ3n) is 5.13. The summed E-state index contributed by atoms with van der Waals surface area (Å²) in [6.45, 7) is 6.31. The maximum atomic E-state index is 13.1. The molecule has 0 aliphatic carbocycles. The number of nitrogens with zero attached hydrogens (tertiary/aromatic N) is 3. The number of aliphatic imine (C=N–C) groups is 2. The zero-order chi connectivity index (χ0) is 22.1. The molecule has 6 nitrogen and oxygen atoms in total. The second-order valence-electron chi connectivity index (χ2n) is 7.86. The van der Waals surface area contributed by atoms with Gasteiger partial charge in [-0.1, -0.05) is 79.2 Å². The molecule has 8 heteroatoms. The highest BCUT2D eigenvalue weighted by Gasteiger charge is 2.43. The molecule has 0 bridgehead atoms. The second-order valence-corrected chi connectivity index (χ2v) is 9.63. The van der Waals surface area contributed by atoms with Crippen molar-refractivity contribution in [2.75, 3.05) is 0 Å². The summed E-state index contributed by atoms with van der Waals surface area (Å²) in [6.07, 6.45) is 0. The molecule has 2 unspecified atom stereocenters. The van der Waals surface area contributed by atoms with Gasteiger partial charge in [0.25, 0.3) is 5.91 Å². The minimum atomic E-state index is -0.943. The fourth-order valence-corrected chi connectivity index (χ4v) is 4.53. The molecular weight excluding hydrogens is 432 g/mol. The van der Waals surface area contributed by atoms with Gasteiger partial charge in [0, 0.05) is 12.1 Å². The normalized spacial score (nSPS) is 18.3. The first kappa shape index (κ1) is 21.6. The highest BCUT2D eigenvalue weighted by atomic mass is 35.5. The Hall–Kier alpha value is -2.64. The average Bonchev–Trinajstić information content (AvgIpc) is 3.11. The lowest BCUT2D eigenvalue weighted by Gasteiger charge is -2.26. The number of carbonyl (C=O) groups is 2. The van der Waals surface area contributed by atoms with Gasteiger partial charge in [0.2, 0.25) is 5.91 Å². The molecule has 0 saturated heterocycles. The molecule has 0 fully saturated rings. The van der Waals surface area contributed by atoms with Gasteiger partial charge in [-0.15, -0.1) is 0 Å². The molecule has 2 atom stereocenters. The van der Waals surface area contributed by atoms with Gasteiger partial charge in [-0.05, 0) is 30.5 Å². The van der Waals surface area contributed by atoms with E-state index in [2.05, 4.69) is 15.3 Å². The van der Waals surface area contributed by atoms with Gasteiger partial charge >= 0.3 is 0 Å². The molecule has 0 spiro atoms. The number of benzene rings is 2. The van der Waals surface area contributed by atoms with E-state index >= 15 is 0 Å². The fraction of sp³-hybridized carbons (Fsp3) is 0.304. The smallest absolute Gasteiger partial charge is 0.259 e. The fourth-order valence-electron chi connectivity index (χ4n) is 3.40. The van der Waals surface area contributed by atoms with E-state index in [1.54, 1.807) is 0 Å². The van der Waals surface area contributed by atoms with Crippen molar-refractivity contribution in [1.82, 2.24) is 10.2 Å². The third kappa shape index (κ3) is 4.38. The Kier molecular flexibility index (Phi) is 6.16. The average molecular weight is 455 g/mol. The van der Waals surface area contributed by atoms with E-state index in [1.807, 2.05) is 69.3 Å². The van der Waals surface area contributed by atoms with Crippen LogP contribution in [0.4, 0.5) is 5.69 Å². The predicted molar refractivity (Wildman–Crippen MR) is 126 cm³/mol. The second kappa shape index (κ2) is 8.85.